The van der Waals surface area contributed by atoms with Crippen LogP contribution in [0.2, 0.25) is 0 Å². The van der Waals surface area contributed by atoms with Gasteiger partial charge in [0.05, 0.1) is 30.5 Å². The fourth-order valence-electron chi connectivity index (χ4n) is 4.03. The van der Waals surface area contributed by atoms with Gasteiger partial charge in [-0.05, 0) is 84.4 Å². The van der Waals surface area contributed by atoms with Crippen molar-refractivity contribution in [2.75, 3.05) is 13.2 Å². The lowest BCUT2D eigenvalue weighted by Gasteiger charge is -2.38. The van der Waals surface area contributed by atoms with E-state index in [1.54, 1.807) is 13.8 Å². The summed E-state index contributed by atoms with van der Waals surface area (Å²) in [6.45, 7) is 15.0. The fraction of sp³-hybridized carbons (Fsp3) is 0.708. The highest BCUT2D eigenvalue weighted by molar-refractivity contribution is 6.47. The lowest BCUT2D eigenvalue weighted by Crippen LogP contribution is -2.49. The molecule has 0 radical (unpaired) electrons. The minimum Gasteiger partial charge on any atom is -0.444 e. The normalized spacial score (nSPS) is 19.9. The molecule has 7 heteroatoms. The van der Waals surface area contributed by atoms with E-state index in [1.807, 2.05) is 39.5 Å². The van der Waals surface area contributed by atoms with Crippen molar-refractivity contribution in [3.05, 3.63) is 28.8 Å². The Morgan fingerprint density at radius 3 is 2.55 bits per heavy atom. The van der Waals surface area contributed by atoms with Gasteiger partial charge in [-0.3, -0.25) is 0 Å². The first-order valence-electron chi connectivity index (χ1n) is 11.4. The number of nitrogens with zero attached hydrogens (tertiary/aromatic N) is 1. The van der Waals surface area contributed by atoms with Gasteiger partial charge in [0.1, 0.15) is 5.60 Å². The number of carbonyl (C=O) groups is 1. The van der Waals surface area contributed by atoms with Crippen LogP contribution in [-0.2, 0) is 27.2 Å². The molecule has 172 valence electrons. The van der Waals surface area contributed by atoms with E-state index in [0.29, 0.717) is 27.2 Å². The van der Waals surface area contributed by atoms with Gasteiger partial charge in [0, 0.05) is 6.54 Å². The number of likely N-dealkylation sites (tertiary alicyclic amines) is 1. The maximum atomic E-state index is 12.9. The molecule has 3 rings (SSSR count). The molecule has 0 spiro atoms. The van der Waals surface area contributed by atoms with Crippen LogP contribution in [0.5, 0.6) is 0 Å². The Balaban J connectivity index is 1.90. The zero-order valence-electron chi connectivity index (χ0n) is 20.2. The average molecular weight is 431 g/mol. The van der Waals surface area contributed by atoms with Crippen LogP contribution >= 0.6 is 0 Å². The van der Waals surface area contributed by atoms with Crippen LogP contribution in [-0.4, -0.2) is 53.5 Å². The van der Waals surface area contributed by atoms with E-state index in [9.17, 15) is 9.90 Å². The lowest BCUT2D eigenvalue weighted by atomic mass is 9.78. The molecule has 1 aromatic carbocycles. The number of hydrogen-bond donors (Lipinski definition) is 1. The summed E-state index contributed by atoms with van der Waals surface area (Å²) in [4.78, 5) is 14.7. The molecule has 2 heterocycles. The minimum atomic E-state index is -0.961. The second kappa shape index (κ2) is 8.76. The monoisotopic (exact) mass is 431 g/mol. The van der Waals surface area contributed by atoms with Crippen molar-refractivity contribution in [1.82, 2.24) is 4.90 Å². The molecule has 1 amide bonds. The summed E-state index contributed by atoms with van der Waals surface area (Å²) in [6.07, 6.45) is 2.45. The third-order valence-electron chi connectivity index (χ3n) is 6.51. The predicted molar refractivity (Wildman–Crippen MR) is 123 cm³/mol. The van der Waals surface area contributed by atoms with Gasteiger partial charge in [-0.15, -0.1) is 0 Å². The molecule has 31 heavy (non-hydrogen) atoms. The Morgan fingerprint density at radius 1 is 1.19 bits per heavy atom. The number of benzene rings is 1. The van der Waals surface area contributed by atoms with Crippen LogP contribution in [0, 0.1) is 0 Å². The van der Waals surface area contributed by atoms with Gasteiger partial charge in [0.15, 0.2) is 0 Å². The number of carbonyl (C=O) groups excluding carboxylic acids is 1. The summed E-state index contributed by atoms with van der Waals surface area (Å²) in [5, 5.41) is 10.4. The zero-order valence-corrected chi connectivity index (χ0v) is 20.2. The minimum absolute atomic E-state index is 0.0208. The van der Waals surface area contributed by atoms with Crippen molar-refractivity contribution < 1.29 is 24.0 Å². The van der Waals surface area contributed by atoms with Gasteiger partial charge < -0.3 is 24.1 Å². The van der Waals surface area contributed by atoms with Gasteiger partial charge in [0.25, 0.3) is 0 Å². The highest BCUT2D eigenvalue weighted by atomic mass is 16.6. The van der Waals surface area contributed by atoms with Crippen LogP contribution in [0.4, 0.5) is 4.79 Å². The molecule has 0 aliphatic carbocycles. The van der Waals surface area contributed by atoms with Crippen molar-refractivity contribution in [3.8, 4) is 0 Å². The lowest BCUT2D eigenvalue weighted by molar-refractivity contribution is -0.0893. The molecule has 2 aliphatic rings. The highest BCUT2D eigenvalue weighted by Crippen LogP contribution is 2.37. The first-order valence-corrected chi connectivity index (χ1v) is 11.4. The van der Waals surface area contributed by atoms with Crippen LogP contribution in [0.15, 0.2) is 12.1 Å². The SMILES string of the molecule is CC(C)(C)OC(=O)N1CCC[C@H]1c1cc(BOC(C)(C)C(C)(C)O)cc2c1COCC2. The molecule has 2 aliphatic heterocycles. The largest absolute Gasteiger partial charge is 0.444 e. The smallest absolute Gasteiger partial charge is 0.410 e. The molecule has 0 aromatic heterocycles. The summed E-state index contributed by atoms with van der Waals surface area (Å²) < 4.78 is 17.6. The predicted octanol–water partition coefficient (Wildman–Crippen LogP) is 3.37. The van der Waals surface area contributed by atoms with E-state index in [2.05, 4.69) is 12.1 Å². The van der Waals surface area contributed by atoms with Crippen molar-refractivity contribution in [2.45, 2.75) is 97.2 Å². The van der Waals surface area contributed by atoms with E-state index in [4.69, 9.17) is 14.1 Å². The summed E-state index contributed by atoms with van der Waals surface area (Å²) in [6, 6.07) is 4.32. The Labute approximate surface area is 187 Å². The second-order valence-electron chi connectivity index (χ2n) is 10.8. The molecule has 1 saturated heterocycles. The number of hydrogen-bond acceptors (Lipinski definition) is 5. The van der Waals surface area contributed by atoms with Gasteiger partial charge in [-0.25, -0.2) is 4.79 Å². The third-order valence-corrected chi connectivity index (χ3v) is 6.51. The molecule has 6 nitrogen and oxygen atoms in total. The summed E-state index contributed by atoms with van der Waals surface area (Å²) >= 11 is 0. The summed E-state index contributed by atoms with van der Waals surface area (Å²) in [5.41, 5.74) is 2.48. The van der Waals surface area contributed by atoms with Crippen LogP contribution < -0.4 is 5.46 Å². The van der Waals surface area contributed by atoms with Crippen molar-refractivity contribution >= 4 is 19.0 Å². The molecular weight excluding hydrogens is 393 g/mol. The van der Waals surface area contributed by atoms with E-state index in [1.165, 1.54) is 11.1 Å². The van der Waals surface area contributed by atoms with Crippen molar-refractivity contribution in [2.24, 2.45) is 0 Å². The topological polar surface area (TPSA) is 68.2 Å². The maximum Gasteiger partial charge on any atom is 0.410 e. The molecule has 1 aromatic rings. The maximum absolute atomic E-state index is 12.9. The van der Waals surface area contributed by atoms with Crippen molar-refractivity contribution in [1.29, 1.82) is 0 Å². The Bertz CT molecular complexity index is 809. The molecule has 1 fully saturated rings. The fourth-order valence-corrected chi connectivity index (χ4v) is 4.03. The van der Waals surface area contributed by atoms with E-state index >= 15 is 0 Å². The molecular formula is C24H38BNO5. The first kappa shape index (κ1) is 24.1. The Hall–Kier alpha value is -1.57. The summed E-state index contributed by atoms with van der Waals surface area (Å²) in [5.74, 6) is 0. The zero-order chi connectivity index (χ0) is 23.0. The van der Waals surface area contributed by atoms with Crippen LogP contribution in [0.3, 0.4) is 0 Å². The van der Waals surface area contributed by atoms with E-state index in [0.717, 1.165) is 30.3 Å². The average Bonchev–Trinajstić information content (AvgIpc) is 3.13. The molecule has 1 atom stereocenters. The second-order valence-corrected chi connectivity index (χ2v) is 10.8. The molecule has 1 N–H and O–H groups in total. The number of fused-ring (bicyclic) bond motifs is 1. The quantitative estimate of drug-likeness (QED) is 0.725. The summed E-state index contributed by atoms with van der Waals surface area (Å²) in [7, 11) is 0.400. The Morgan fingerprint density at radius 2 is 1.90 bits per heavy atom. The number of ether oxygens (including phenoxy) is 2. The number of amides is 1. The molecule has 0 bridgehead atoms. The van der Waals surface area contributed by atoms with Gasteiger partial charge in [0.2, 0.25) is 0 Å². The Kier molecular flexibility index (Phi) is 6.80. The van der Waals surface area contributed by atoms with Crippen LogP contribution in [0.25, 0.3) is 0 Å². The van der Waals surface area contributed by atoms with Crippen LogP contribution in [0.1, 0.15) is 84.0 Å². The number of rotatable bonds is 5. The molecule has 0 saturated carbocycles. The molecule has 0 unspecified atom stereocenters. The first-order chi connectivity index (χ1) is 14.3. The highest BCUT2D eigenvalue weighted by Gasteiger charge is 2.37. The van der Waals surface area contributed by atoms with E-state index < -0.39 is 16.8 Å². The van der Waals surface area contributed by atoms with E-state index in [-0.39, 0.29) is 12.1 Å². The number of aliphatic hydroxyl groups is 1. The van der Waals surface area contributed by atoms with Gasteiger partial charge in [-0.1, -0.05) is 17.6 Å². The van der Waals surface area contributed by atoms with Gasteiger partial charge in [-0.2, -0.15) is 0 Å². The van der Waals surface area contributed by atoms with Gasteiger partial charge >= 0.3 is 13.6 Å². The third kappa shape index (κ3) is 5.63. The van der Waals surface area contributed by atoms with Crippen molar-refractivity contribution in [3.63, 3.8) is 0 Å². The standard InChI is InChI=1S/C24H38BNO5/c1-22(2,3)30-21(27)26-11-8-9-20(26)18-14-17(13-16-10-12-29-15-19(16)18)25-31-24(6,7)23(4,5)28/h13-14,20,25,28H,8-12,15H2,1-7H3/t20-/m0/s1.